The molecule has 168 valence electrons. The van der Waals surface area contributed by atoms with Gasteiger partial charge in [0, 0.05) is 20.6 Å². The molecule has 0 spiro atoms. The summed E-state index contributed by atoms with van der Waals surface area (Å²) in [5.74, 6) is -0.438. The van der Waals surface area contributed by atoms with E-state index >= 15 is 0 Å². The van der Waals surface area contributed by atoms with Crippen molar-refractivity contribution < 1.29 is 37.0 Å². The van der Waals surface area contributed by atoms with Crippen LogP contribution < -0.4 is 20.1 Å². The van der Waals surface area contributed by atoms with Crippen molar-refractivity contribution in [2.75, 3.05) is 13.7 Å². The average molecular weight is 440 g/mol. The number of rotatable bonds is 10. The fraction of sp³-hybridized carbons (Fsp3) is 0.333. The van der Waals surface area contributed by atoms with Crippen molar-refractivity contribution in [1.29, 1.82) is 0 Å². The highest BCUT2D eigenvalue weighted by molar-refractivity contribution is 5.86. The summed E-state index contributed by atoms with van der Waals surface area (Å²) >= 11 is 0. The molecule has 0 saturated carbocycles. The van der Waals surface area contributed by atoms with Gasteiger partial charge in [-0.15, -0.1) is 13.2 Å². The molecule has 0 bridgehead atoms. The minimum Gasteiger partial charge on any atom is -0.489 e. The Balaban J connectivity index is 1.82. The number of carbonyl (C=O) groups is 2. The predicted octanol–water partition coefficient (Wildman–Crippen LogP) is 2.93. The average Bonchev–Trinajstić information content (AvgIpc) is 2.70. The van der Waals surface area contributed by atoms with E-state index in [0.717, 1.165) is 5.56 Å². The first-order valence-corrected chi connectivity index (χ1v) is 9.26. The van der Waals surface area contributed by atoms with Crippen LogP contribution in [0.1, 0.15) is 18.1 Å². The summed E-state index contributed by atoms with van der Waals surface area (Å²) in [5.41, 5.74) is 1.49. The van der Waals surface area contributed by atoms with Gasteiger partial charge in [0.15, 0.2) is 0 Å². The van der Waals surface area contributed by atoms with E-state index in [1.165, 1.54) is 38.3 Å². The van der Waals surface area contributed by atoms with Gasteiger partial charge in [0.25, 0.3) is 0 Å². The zero-order chi connectivity index (χ0) is 22.9. The van der Waals surface area contributed by atoms with E-state index in [9.17, 15) is 22.8 Å². The van der Waals surface area contributed by atoms with Crippen LogP contribution in [0.25, 0.3) is 0 Å². The predicted molar refractivity (Wildman–Crippen MR) is 105 cm³/mol. The number of carbonyl (C=O) groups excluding carboxylic acids is 2. The fourth-order valence-corrected chi connectivity index (χ4v) is 2.56. The Hall–Kier alpha value is -3.27. The number of methoxy groups -OCH3 is 1. The summed E-state index contributed by atoms with van der Waals surface area (Å²) in [6.07, 6.45) is -4.73. The van der Waals surface area contributed by atoms with Crippen LogP contribution in [-0.4, -0.2) is 37.9 Å². The molecule has 31 heavy (non-hydrogen) atoms. The maximum absolute atomic E-state index is 12.2. The number of halogens is 3. The lowest BCUT2D eigenvalue weighted by Crippen LogP contribution is -2.48. The molecule has 2 amide bonds. The molecule has 0 aliphatic heterocycles. The Kier molecular flexibility index (Phi) is 8.68. The SMILES string of the molecule is COC[C@@H](NC(C)=O)C(=O)NCc1ccc(OCc2ccc(OC(F)(F)F)cc2)cc1. The highest BCUT2D eigenvalue weighted by atomic mass is 19.4. The second-order valence-corrected chi connectivity index (χ2v) is 6.55. The van der Waals surface area contributed by atoms with E-state index in [0.29, 0.717) is 11.3 Å². The van der Waals surface area contributed by atoms with Crippen LogP contribution in [0.3, 0.4) is 0 Å². The van der Waals surface area contributed by atoms with Crippen LogP contribution in [0.5, 0.6) is 11.5 Å². The third-order valence-electron chi connectivity index (χ3n) is 3.98. The maximum atomic E-state index is 12.2. The molecule has 10 heteroatoms. The molecular weight excluding hydrogens is 417 g/mol. The number of hydrogen-bond donors (Lipinski definition) is 2. The van der Waals surface area contributed by atoms with Crippen molar-refractivity contribution >= 4 is 11.8 Å². The molecule has 1 atom stereocenters. The summed E-state index contributed by atoms with van der Waals surface area (Å²) in [6, 6.07) is 11.6. The van der Waals surface area contributed by atoms with Crippen LogP contribution >= 0.6 is 0 Å². The Morgan fingerprint density at radius 1 is 0.968 bits per heavy atom. The second-order valence-electron chi connectivity index (χ2n) is 6.55. The van der Waals surface area contributed by atoms with E-state index < -0.39 is 12.4 Å². The molecule has 0 heterocycles. The van der Waals surface area contributed by atoms with Crippen molar-refractivity contribution in [2.24, 2.45) is 0 Å². The number of ether oxygens (including phenoxy) is 3. The van der Waals surface area contributed by atoms with Gasteiger partial charge in [-0.25, -0.2) is 0 Å². The monoisotopic (exact) mass is 440 g/mol. The lowest BCUT2D eigenvalue weighted by molar-refractivity contribution is -0.274. The fourth-order valence-electron chi connectivity index (χ4n) is 2.56. The second kappa shape index (κ2) is 11.2. The van der Waals surface area contributed by atoms with Gasteiger partial charge in [-0.1, -0.05) is 24.3 Å². The largest absolute Gasteiger partial charge is 0.573 e. The molecule has 2 N–H and O–H groups in total. The van der Waals surface area contributed by atoms with Crippen molar-refractivity contribution in [3.05, 3.63) is 59.7 Å². The number of hydrogen-bond acceptors (Lipinski definition) is 5. The van der Waals surface area contributed by atoms with Gasteiger partial charge < -0.3 is 24.8 Å². The lowest BCUT2D eigenvalue weighted by Gasteiger charge is -2.16. The maximum Gasteiger partial charge on any atom is 0.573 e. The molecular formula is C21H23F3N2O5. The molecule has 2 aromatic carbocycles. The van der Waals surface area contributed by atoms with Gasteiger partial charge in [0.2, 0.25) is 11.8 Å². The van der Waals surface area contributed by atoms with E-state index in [4.69, 9.17) is 9.47 Å². The highest BCUT2D eigenvalue weighted by Crippen LogP contribution is 2.23. The van der Waals surface area contributed by atoms with Crippen molar-refractivity contribution in [2.45, 2.75) is 32.5 Å². The summed E-state index contributed by atoms with van der Waals surface area (Å²) in [5, 5.41) is 5.23. The standard InChI is InChI=1S/C21H23F3N2O5/c1-14(27)26-19(13-29-2)20(28)25-11-15-3-7-17(8-4-15)30-12-16-5-9-18(10-6-16)31-21(22,23)24/h3-10,19H,11-13H2,1-2H3,(H,25,28)(H,26,27)/t19-/m1/s1. The Morgan fingerprint density at radius 2 is 1.55 bits per heavy atom. The third-order valence-corrected chi connectivity index (χ3v) is 3.98. The zero-order valence-electron chi connectivity index (χ0n) is 17.0. The number of alkyl halides is 3. The number of nitrogens with one attached hydrogen (secondary N) is 2. The topological polar surface area (TPSA) is 85.9 Å². The highest BCUT2D eigenvalue weighted by Gasteiger charge is 2.30. The Labute approximate surface area is 177 Å². The zero-order valence-corrected chi connectivity index (χ0v) is 17.0. The molecule has 0 unspecified atom stereocenters. The molecule has 0 aromatic heterocycles. The number of benzene rings is 2. The summed E-state index contributed by atoms with van der Waals surface area (Å²) in [7, 11) is 1.44. The first-order chi connectivity index (χ1) is 14.7. The molecule has 0 radical (unpaired) electrons. The Morgan fingerprint density at radius 3 is 2.10 bits per heavy atom. The van der Waals surface area contributed by atoms with Gasteiger partial charge in [-0.05, 0) is 35.4 Å². The Bertz CT molecular complexity index is 855. The molecule has 0 saturated heterocycles. The van der Waals surface area contributed by atoms with Crippen molar-refractivity contribution in [3.8, 4) is 11.5 Å². The first kappa shape index (κ1) is 24.0. The van der Waals surface area contributed by atoms with E-state index in [1.807, 2.05) is 0 Å². The van der Waals surface area contributed by atoms with Crippen molar-refractivity contribution in [3.63, 3.8) is 0 Å². The normalized spacial score (nSPS) is 12.0. The van der Waals surface area contributed by atoms with Crippen LogP contribution in [0, 0.1) is 0 Å². The van der Waals surface area contributed by atoms with Gasteiger partial charge in [0.05, 0.1) is 6.61 Å². The van der Waals surface area contributed by atoms with Gasteiger partial charge >= 0.3 is 6.36 Å². The van der Waals surface area contributed by atoms with Crippen LogP contribution in [-0.2, 0) is 27.5 Å². The van der Waals surface area contributed by atoms with Crippen LogP contribution in [0.2, 0.25) is 0 Å². The summed E-state index contributed by atoms with van der Waals surface area (Å²) < 4.78 is 50.9. The first-order valence-electron chi connectivity index (χ1n) is 9.26. The quantitative estimate of drug-likeness (QED) is 0.594. The summed E-state index contributed by atoms with van der Waals surface area (Å²) in [4.78, 5) is 23.3. The minimum atomic E-state index is -4.73. The van der Waals surface area contributed by atoms with Crippen LogP contribution in [0.4, 0.5) is 13.2 Å². The van der Waals surface area contributed by atoms with Gasteiger partial charge in [-0.3, -0.25) is 9.59 Å². The van der Waals surface area contributed by atoms with Crippen LogP contribution in [0.15, 0.2) is 48.5 Å². The van der Waals surface area contributed by atoms with Gasteiger partial charge in [0.1, 0.15) is 24.1 Å². The molecule has 2 aromatic rings. The molecule has 7 nitrogen and oxygen atoms in total. The number of amides is 2. The molecule has 0 aliphatic carbocycles. The lowest BCUT2D eigenvalue weighted by atomic mass is 10.2. The molecule has 0 fully saturated rings. The smallest absolute Gasteiger partial charge is 0.489 e. The minimum absolute atomic E-state index is 0.0570. The molecule has 2 rings (SSSR count). The summed E-state index contributed by atoms with van der Waals surface area (Å²) in [6.45, 7) is 1.79. The molecule has 0 aliphatic rings. The van der Waals surface area contributed by atoms with Gasteiger partial charge in [-0.2, -0.15) is 0 Å². The van der Waals surface area contributed by atoms with Crippen molar-refractivity contribution in [1.82, 2.24) is 10.6 Å². The van der Waals surface area contributed by atoms with E-state index in [-0.39, 0.29) is 37.3 Å². The van der Waals surface area contributed by atoms with E-state index in [2.05, 4.69) is 15.4 Å². The third kappa shape index (κ3) is 8.95. The van der Waals surface area contributed by atoms with E-state index in [1.54, 1.807) is 24.3 Å².